The third-order valence-electron chi connectivity index (χ3n) is 3.69. The van der Waals surface area contributed by atoms with Gasteiger partial charge in [0.15, 0.2) is 0 Å². The summed E-state index contributed by atoms with van der Waals surface area (Å²) in [5, 5.41) is 18.0. The van der Waals surface area contributed by atoms with Crippen molar-refractivity contribution in [3.8, 4) is 5.75 Å². The van der Waals surface area contributed by atoms with Crippen molar-refractivity contribution >= 4 is 12.6 Å². The highest BCUT2D eigenvalue weighted by Crippen LogP contribution is 2.11. The molecule has 0 amide bonds. The van der Waals surface area contributed by atoms with Gasteiger partial charge in [0.25, 0.3) is 0 Å². The van der Waals surface area contributed by atoms with Crippen molar-refractivity contribution in [3.63, 3.8) is 0 Å². The molecule has 0 atom stereocenters. The highest BCUT2D eigenvalue weighted by atomic mass is 16.5. The molecule has 0 aliphatic heterocycles. The molecular formula is C17H29BO4. The standard InChI is InChI=1S/C17H29BO4/c1-21-14-8-6-4-2-3-5-7-9-15-22-17-12-10-16(11-13-17)18(19)20/h10-13,19-20H,2-9,14-15H2,1H3. The van der Waals surface area contributed by atoms with Crippen LogP contribution in [0.4, 0.5) is 0 Å². The minimum Gasteiger partial charge on any atom is -0.494 e. The van der Waals surface area contributed by atoms with Crippen LogP contribution in [0.2, 0.25) is 0 Å². The number of methoxy groups -OCH3 is 1. The molecule has 0 heterocycles. The lowest BCUT2D eigenvalue weighted by molar-refractivity contribution is 0.192. The average Bonchev–Trinajstić information content (AvgIpc) is 2.53. The van der Waals surface area contributed by atoms with Crippen LogP contribution in [0, 0.1) is 0 Å². The maximum Gasteiger partial charge on any atom is 0.488 e. The first-order valence-electron chi connectivity index (χ1n) is 8.32. The summed E-state index contributed by atoms with van der Waals surface area (Å²) in [6.07, 6.45) is 9.91. The van der Waals surface area contributed by atoms with E-state index in [9.17, 15) is 0 Å². The van der Waals surface area contributed by atoms with Gasteiger partial charge in [-0.2, -0.15) is 0 Å². The molecule has 1 aromatic rings. The summed E-state index contributed by atoms with van der Waals surface area (Å²) >= 11 is 0. The van der Waals surface area contributed by atoms with Crippen molar-refractivity contribution in [2.45, 2.75) is 51.4 Å². The summed E-state index contributed by atoms with van der Waals surface area (Å²) in [7, 11) is 0.343. The SMILES string of the molecule is COCCCCCCCCCCOc1ccc(B(O)O)cc1. The first kappa shape index (κ1) is 19.0. The zero-order chi connectivity index (χ0) is 16.0. The van der Waals surface area contributed by atoms with Crippen LogP contribution in [-0.2, 0) is 4.74 Å². The second kappa shape index (κ2) is 12.5. The lowest BCUT2D eigenvalue weighted by Gasteiger charge is -2.07. The molecule has 0 aliphatic carbocycles. The molecule has 0 bridgehead atoms. The average molecular weight is 308 g/mol. The summed E-state index contributed by atoms with van der Waals surface area (Å²) in [4.78, 5) is 0. The van der Waals surface area contributed by atoms with E-state index in [0.717, 1.165) is 25.4 Å². The molecule has 124 valence electrons. The maximum atomic E-state index is 9.00. The minimum atomic E-state index is -1.41. The first-order chi connectivity index (χ1) is 10.7. The number of unbranched alkanes of at least 4 members (excludes halogenated alkanes) is 7. The highest BCUT2D eigenvalue weighted by Gasteiger charge is 2.09. The number of benzene rings is 1. The number of ether oxygens (including phenoxy) is 2. The minimum absolute atomic E-state index is 0.484. The van der Waals surface area contributed by atoms with Gasteiger partial charge in [0.05, 0.1) is 6.61 Å². The van der Waals surface area contributed by atoms with Gasteiger partial charge in [-0.25, -0.2) is 0 Å². The van der Waals surface area contributed by atoms with E-state index >= 15 is 0 Å². The molecule has 0 aromatic heterocycles. The fourth-order valence-corrected chi connectivity index (χ4v) is 2.34. The molecule has 0 saturated carbocycles. The van der Waals surface area contributed by atoms with Gasteiger partial charge >= 0.3 is 7.12 Å². The lowest BCUT2D eigenvalue weighted by Crippen LogP contribution is -2.29. The summed E-state index contributed by atoms with van der Waals surface area (Å²) in [6.45, 7) is 1.60. The van der Waals surface area contributed by atoms with Crippen LogP contribution in [0.3, 0.4) is 0 Å². The molecule has 1 rings (SSSR count). The molecule has 0 radical (unpaired) electrons. The van der Waals surface area contributed by atoms with Crippen molar-refractivity contribution in [2.24, 2.45) is 0 Å². The summed E-state index contributed by atoms with van der Waals surface area (Å²) in [6, 6.07) is 6.89. The lowest BCUT2D eigenvalue weighted by atomic mass is 9.80. The van der Waals surface area contributed by atoms with Crippen LogP contribution in [0.1, 0.15) is 51.4 Å². The second-order valence-corrected chi connectivity index (χ2v) is 5.61. The molecule has 2 N–H and O–H groups in total. The van der Waals surface area contributed by atoms with E-state index < -0.39 is 7.12 Å². The Morgan fingerprint density at radius 2 is 1.27 bits per heavy atom. The predicted octanol–water partition coefficient (Wildman–Crippen LogP) is 2.51. The summed E-state index contributed by atoms with van der Waals surface area (Å²) in [5.74, 6) is 0.780. The van der Waals surface area contributed by atoms with Crippen LogP contribution < -0.4 is 10.2 Å². The number of hydrogen-bond donors (Lipinski definition) is 2. The van der Waals surface area contributed by atoms with Gasteiger partial charge in [-0.05, 0) is 30.4 Å². The van der Waals surface area contributed by atoms with Crippen LogP contribution in [0.15, 0.2) is 24.3 Å². The molecule has 0 saturated heterocycles. The van der Waals surface area contributed by atoms with Crippen molar-refractivity contribution in [2.75, 3.05) is 20.3 Å². The van der Waals surface area contributed by atoms with E-state index in [1.165, 1.54) is 44.9 Å². The van der Waals surface area contributed by atoms with E-state index in [4.69, 9.17) is 19.5 Å². The Labute approximate surface area is 134 Å². The van der Waals surface area contributed by atoms with Gasteiger partial charge in [-0.3, -0.25) is 0 Å². The Hall–Kier alpha value is -1.04. The Morgan fingerprint density at radius 1 is 0.773 bits per heavy atom. The van der Waals surface area contributed by atoms with Gasteiger partial charge in [-0.15, -0.1) is 0 Å². The second-order valence-electron chi connectivity index (χ2n) is 5.61. The molecule has 0 aliphatic rings. The normalized spacial score (nSPS) is 10.7. The molecule has 0 unspecified atom stereocenters. The van der Waals surface area contributed by atoms with E-state index in [1.807, 2.05) is 0 Å². The van der Waals surface area contributed by atoms with Crippen LogP contribution in [-0.4, -0.2) is 37.5 Å². The smallest absolute Gasteiger partial charge is 0.488 e. The van der Waals surface area contributed by atoms with Crippen molar-refractivity contribution in [1.82, 2.24) is 0 Å². The van der Waals surface area contributed by atoms with Crippen LogP contribution >= 0.6 is 0 Å². The Morgan fingerprint density at radius 3 is 1.77 bits per heavy atom. The van der Waals surface area contributed by atoms with E-state index in [0.29, 0.717) is 5.46 Å². The van der Waals surface area contributed by atoms with E-state index in [2.05, 4.69) is 0 Å². The Kier molecular flexibility index (Phi) is 10.8. The molecular weight excluding hydrogens is 279 g/mol. The predicted molar refractivity (Wildman–Crippen MR) is 90.6 cm³/mol. The molecule has 0 fully saturated rings. The number of rotatable bonds is 13. The molecule has 0 spiro atoms. The monoisotopic (exact) mass is 308 g/mol. The van der Waals surface area contributed by atoms with Crippen molar-refractivity contribution < 1.29 is 19.5 Å². The Balaban J connectivity index is 1.93. The Bertz CT molecular complexity index is 367. The van der Waals surface area contributed by atoms with Crippen molar-refractivity contribution in [3.05, 3.63) is 24.3 Å². The van der Waals surface area contributed by atoms with Gasteiger partial charge < -0.3 is 19.5 Å². The molecule has 1 aromatic carbocycles. The molecule has 4 nitrogen and oxygen atoms in total. The quantitative estimate of drug-likeness (QED) is 0.434. The summed E-state index contributed by atoms with van der Waals surface area (Å²) in [5.41, 5.74) is 0.484. The van der Waals surface area contributed by atoms with E-state index in [1.54, 1.807) is 31.4 Å². The number of hydrogen-bond acceptors (Lipinski definition) is 4. The van der Waals surface area contributed by atoms with Gasteiger partial charge in [0, 0.05) is 13.7 Å². The van der Waals surface area contributed by atoms with Crippen molar-refractivity contribution in [1.29, 1.82) is 0 Å². The third kappa shape index (κ3) is 9.08. The largest absolute Gasteiger partial charge is 0.494 e. The molecule has 22 heavy (non-hydrogen) atoms. The van der Waals surface area contributed by atoms with Gasteiger partial charge in [0.2, 0.25) is 0 Å². The van der Waals surface area contributed by atoms with E-state index in [-0.39, 0.29) is 0 Å². The fourth-order valence-electron chi connectivity index (χ4n) is 2.34. The summed E-state index contributed by atoms with van der Waals surface area (Å²) < 4.78 is 10.7. The fraction of sp³-hybridized carbons (Fsp3) is 0.647. The highest BCUT2D eigenvalue weighted by molar-refractivity contribution is 6.58. The first-order valence-corrected chi connectivity index (χ1v) is 8.32. The zero-order valence-electron chi connectivity index (χ0n) is 13.7. The topological polar surface area (TPSA) is 58.9 Å². The van der Waals surface area contributed by atoms with Gasteiger partial charge in [-0.1, -0.05) is 50.7 Å². The molecule has 5 heteroatoms. The van der Waals surface area contributed by atoms with Crippen LogP contribution in [0.5, 0.6) is 5.75 Å². The zero-order valence-corrected chi connectivity index (χ0v) is 13.7. The van der Waals surface area contributed by atoms with Gasteiger partial charge in [0.1, 0.15) is 5.75 Å². The maximum absolute atomic E-state index is 9.00. The third-order valence-corrected chi connectivity index (χ3v) is 3.69. The van der Waals surface area contributed by atoms with Crippen LogP contribution in [0.25, 0.3) is 0 Å².